The molecule has 2 N–H and O–H groups in total. The highest BCUT2D eigenvalue weighted by molar-refractivity contribution is 7.89. The SMILES string of the molecule is C[NH+](C)CCCNC(=S)N1CCN(S(=O)(=O)c2ccc(C(C)(C)C)cc2)CC1. The van der Waals surface area contributed by atoms with Crippen molar-refractivity contribution in [2.24, 2.45) is 0 Å². The average Bonchev–Trinajstić information content (AvgIpc) is 2.64. The number of thiocarbonyl (C=S) groups is 1. The molecule has 1 heterocycles. The number of piperazine rings is 1. The van der Waals surface area contributed by atoms with Gasteiger partial charge in [-0.1, -0.05) is 32.9 Å². The third-order valence-corrected chi connectivity index (χ3v) is 7.33. The molecule has 0 saturated carbocycles. The normalized spacial score (nSPS) is 16.4. The molecule has 1 aromatic carbocycles. The van der Waals surface area contributed by atoms with Crippen molar-refractivity contribution in [3.8, 4) is 0 Å². The smallest absolute Gasteiger partial charge is 0.243 e. The number of quaternary nitrogens is 1. The van der Waals surface area contributed by atoms with Gasteiger partial charge >= 0.3 is 0 Å². The lowest BCUT2D eigenvalue weighted by Crippen LogP contribution is -3.05. The van der Waals surface area contributed by atoms with Crippen molar-refractivity contribution < 1.29 is 13.3 Å². The largest absolute Gasteiger partial charge is 0.362 e. The lowest BCUT2D eigenvalue weighted by atomic mass is 9.87. The summed E-state index contributed by atoms with van der Waals surface area (Å²) in [6, 6.07) is 7.28. The Bertz CT molecular complexity index is 747. The summed E-state index contributed by atoms with van der Waals surface area (Å²) in [4.78, 5) is 3.84. The van der Waals surface area contributed by atoms with Gasteiger partial charge in [0.15, 0.2) is 5.11 Å². The molecule has 28 heavy (non-hydrogen) atoms. The Balaban J connectivity index is 1.90. The van der Waals surface area contributed by atoms with Gasteiger partial charge in [0, 0.05) is 39.1 Å². The van der Waals surface area contributed by atoms with Gasteiger partial charge in [0.2, 0.25) is 10.0 Å². The van der Waals surface area contributed by atoms with Gasteiger partial charge in [-0.3, -0.25) is 0 Å². The maximum atomic E-state index is 13.0. The Morgan fingerprint density at radius 1 is 1.11 bits per heavy atom. The fourth-order valence-corrected chi connectivity index (χ4v) is 4.86. The van der Waals surface area contributed by atoms with Crippen LogP contribution in [-0.4, -0.2) is 76.1 Å². The van der Waals surface area contributed by atoms with Crippen LogP contribution in [0.25, 0.3) is 0 Å². The fourth-order valence-electron chi connectivity index (χ4n) is 3.16. The summed E-state index contributed by atoms with van der Waals surface area (Å²) in [7, 11) is 0.804. The Labute approximate surface area is 175 Å². The van der Waals surface area contributed by atoms with E-state index >= 15 is 0 Å². The summed E-state index contributed by atoms with van der Waals surface area (Å²) in [5.41, 5.74) is 1.13. The molecule has 0 atom stereocenters. The Morgan fingerprint density at radius 3 is 2.18 bits per heavy atom. The third kappa shape index (κ3) is 6.14. The van der Waals surface area contributed by atoms with Gasteiger partial charge in [0.25, 0.3) is 0 Å². The lowest BCUT2D eigenvalue weighted by molar-refractivity contribution is -0.858. The van der Waals surface area contributed by atoms with Gasteiger partial charge in [-0.05, 0) is 35.3 Å². The highest BCUT2D eigenvalue weighted by atomic mass is 32.2. The second-order valence-electron chi connectivity index (χ2n) is 8.71. The summed E-state index contributed by atoms with van der Waals surface area (Å²) in [5, 5.41) is 4.01. The minimum absolute atomic E-state index is 0.00443. The monoisotopic (exact) mass is 427 g/mol. The van der Waals surface area contributed by atoms with Crippen LogP contribution in [0.3, 0.4) is 0 Å². The predicted molar refractivity (Wildman–Crippen MR) is 118 cm³/mol. The minimum Gasteiger partial charge on any atom is -0.362 e. The van der Waals surface area contributed by atoms with Gasteiger partial charge in [0.1, 0.15) is 0 Å². The zero-order chi connectivity index (χ0) is 20.9. The van der Waals surface area contributed by atoms with E-state index in [0.29, 0.717) is 31.1 Å². The molecule has 158 valence electrons. The van der Waals surface area contributed by atoms with Crippen molar-refractivity contribution in [2.75, 3.05) is 53.4 Å². The number of sulfonamides is 1. The number of rotatable bonds is 6. The second-order valence-corrected chi connectivity index (χ2v) is 11.0. The molecule has 2 rings (SSSR count). The van der Waals surface area contributed by atoms with E-state index in [2.05, 4.69) is 45.1 Å². The van der Waals surface area contributed by atoms with Crippen molar-refractivity contribution in [3.63, 3.8) is 0 Å². The Hall–Kier alpha value is -1.22. The summed E-state index contributed by atoms with van der Waals surface area (Å²) < 4.78 is 27.5. The van der Waals surface area contributed by atoms with E-state index in [0.717, 1.165) is 30.2 Å². The molecule has 0 aliphatic carbocycles. The molecule has 0 unspecified atom stereocenters. The summed E-state index contributed by atoms with van der Waals surface area (Å²) >= 11 is 5.47. The number of nitrogens with zero attached hydrogens (tertiary/aromatic N) is 2. The molecule has 0 amide bonds. The number of nitrogens with one attached hydrogen (secondary N) is 2. The van der Waals surface area contributed by atoms with Crippen molar-refractivity contribution in [1.29, 1.82) is 0 Å². The van der Waals surface area contributed by atoms with Crippen LogP contribution in [0, 0.1) is 0 Å². The van der Waals surface area contributed by atoms with E-state index < -0.39 is 10.0 Å². The topological polar surface area (TPSA) is 57.1 Å². The van der Waals surface area contributed by atoms with Gasteiger partial charge in [-0.25, -0.2) is 8.42 Å². The van der Waals surface area contributed by atoms with Crippen molar-refractivity contribution in [1.82, 2.24) is 14.5 Å². The van der Waals surface area contributed by atoms with Crippen LogP contribution < -0.4 is 10.2 Å². The lowest BCUT2D eigenvalue weighted by Gasteiger charge is -2.35. The molecule has 1 saturated heterocycles. The van der Waals surface area contributed by atoms with Crippen molar-refractivity contribution in [2.45, 2.75) is 37.5 Å². The molecule has 0 bridgehead atoms. The van der Waals surface area contributed by atoms with Crippen molar-refractivity contribution in [3.05, 3.63) is 29.8 Å². The third-order valence-electron chi connectivity index (χ3n) is 5.01. The Morgan fingerprint density at radius 2 is 1.68 bits per heavy atom. The van der Waals surface area contributed by atoms with Crippen LogP contribution in [0.4, 0.5) is 0 Å². The Kier molecular flexibility index (Phi) is 7.84. The van der Waals surface area contributed by atoms with Crippen LogP contribution in [0.15, 0.2) is 29.2 Å². The average molecular weight is 428 g/mol. The predicted octanol–water partition coefficient (Wildman–Crippen LogP) is 0.700. The zero-order valence-electron chi connectivity index (χ0n) is 17.8. The molecular formula is C20H35N4O2S2+. The molecule has 0 spiro atoms. The standard InChI is InChI=1S/C20H34N4O2S2/c1-20(2,3)17-7-9-18(10-8-17)28(25,26)24-15-13-23(14-16-24)19(27)21-11-6-12-22(4)5/h7-10H,6,11-16H2,1-5H3,(H,21,27)/p+1. The summed E-state index contributed by atoms with van der Waals surface area (Å²) in [6.45, 7) is 10.4. The second kappa shape index (κ2) is 9.52. The first-order chi connectivity index (χ1) is 13.0. The minimum atomic E-state index is -3.46. The van der Waals surface area contributed by atoms with Gasteiger partial charge in [-0.2, -0.15) is 4.31 Å². The molecule has 1 fully saturated rings. The van der Waals surface area contributed by atoms with E-state index in [1.165, 1.54) is 4.90 Å². The molecule has 1 aliphatic rings. The van der Waals surface area contributed by atoms with E-state index in [1.807, 2.05) is 12.1 Å². The first-order valence-electron chi connectivity index (χ1n) is 9.94. The van der Waals surface area contributed by atoms with Crippen LogP contribution in [0.1, 0.15) is 32.8 Å². The van der Waals surface area contributed by atoms with Gasteiger partial charge in [0.05, 0.1) is 25.5 Å². The van der Waals surface area contributed by atoms with E-state index in [9.17, 15) is 8.42 Å². The molecular weight excluding hydrogens is 392 g/mol. The van der Waals surface area contributed by atoms with Crippen LogP contribution in [-0.2, 0) is 15.4 Å². The first kappa shape index (κ1) is 23.1. The molecule has 0 aromatic heterocycles. The zero-order valence-corrected chi connectivity index (χ0v) is 19.4. The van der Waals surface area contributed by atoms with Crippen LogP contribution >= 0.6 is 12.2 Å². The summed E-state index contributed by atoms with van der Waals surface area (Å²) in [5.74, 6) is 0. The van der Waals surface area contributed by atoms with Crippen molar-refractivity contribution >= 4 is 27.4 Å². The van der Waals surface area contributed by atoms with E-state index in [1.54, 1.807) is 16.4 Å². The van der Waals surface area contributed by atoms with Crippen LogP contribution in [0.5, 0.6) is 0 Å². The fraction of sp³-hybridized carbons (Fsp3) is 0.650. The number of hydrogen-bond acceptors (Lipinski definition) is 3. The van der Waals surface area contributed by atoms with E-state index in [-0.39, 0.29) is 5.41 Å². The highest BCUT2D eigenvalue weighted by Gasteiger charge is 2.29. The first-order valence-corrected chi connectivity index (χ1v) is 11.8. The maximum Gasteiger partial charge on any atom is 0.243 e. The summed E-state index contributed by atoms with van der Waals surface area (Å²) in [6.07, 6.45) is 1.06. The maximum absolute atomic E-state index is 13.0. The van der Waals surface area contributed by atoms with Gasteiger partial charge in [-0.15, -0.1) is 0 Å². The number of hydrogen-bond donors (Lipinski definition) is 2. The molecule has 1 aromatic rings. The molecule has 8 heteroatoms. The quantitative estimate of drug-likeness (QED) is 0.517. The van der Waals surface area contributed by atoms with Crippen LogP contribution in [0.2, 0.25) is 0 Å². The van der Waals surface area contributed by atoms with E-state index in [4.69, 9.17) is 12.2 Å². The number of benzene rings is 1. The highest BCUT2D eigenvalue weighted by Crippen LogP contribution is 2.25. The van der Waals surface area contributed by atoms with Gasteiger partial charge < -0.3 is 15.1 Å². The molecule has 1 aliphatic heterocycles. The molecule has 0 radical (unpaired) electrons. The molecule has 6 nitrogen and oxygen atoms in total.